The van der Waals surface area contributed by atoms with Gasteiger partial charge in [0, 0.05) is 29.9 Å². The van der Waals surface area contributed by atoms with Crippen molar-refractivity contribution in [2.75, 3.05) is 19.0 Å². The predicted octanol–water partition coefficient (Wildman–Crippen LogP) is 2.83. The maximum absolute atomic E-state index is 13.5. The lowest BCUT2D eigenvalue weighted by molar-refractivity contribution is 0.170. The Bertz CT molecular complexity index is 695. The van der Waals surface area contributed by atoms with Crippen molar-refractivity contribution in [2.45, 2.75) is 6.10 Å². The number of rotatable bonds is 5. The fourth-order valence-electron chi connectivity index (χ4n) is 1.95. The van der Waals surface area contributed by atoms with Gasteiger partial charge in [-0.05, 0) is 18.2 Å². The third-order valence-electron chi connectivity index (χ3n) is 3.11. The van der Waals surface area contributed by atoms with Crippen molar-refractivity contribution in [2.24, 2.45) is 0 Å². The number of methoxy groups -OCH3 is 1. The monoisotopic (exact) mass is 322 g/mol. The molecule has 0 spiro atoms. The summed E-state index contributed by atoms with van der Waals surface area (Å²) in [4.78, 5) is 11.8. The second kappa shape index (κ2) is 7.55. The van der Waals surface area contributed by atoms with Crippen LogP contribution < -0.4 is 15.4 Å². The summed E-state index contributed by atoms with van der Waals surface area (Å²) >= 11 is 0. The second-order valence-corrected chi connectivity index (χ2v) is 4.75. The van der Waals surface area contributed by atoms with Crippen molar-refractivity contribution in [3.05, 3.63) is 59.7 Å². The number of hydrogen-bond donors (Lipinski definition) is 3. The molecule has 2 aromatic carbocycles. The highest BCUT2D eigenvalue weighted by molar-refractivity contribution is 5.89. The fraction of sp³-hybridized carbons (Fsp3) is 0.188. The molecule has 0 aromatic heterocycles. The summed E-state index contributed by atoms with van der Waals surface area (Å²) in [6, 6.07) is 9.00. The lowest BCUT2D eigenvalue weighted by Gasteiger charge is -2.14. The van der Waals surface area contributed by atoms with E-state index in [-0.39, 0.29) is 12.1 Å². The second-order valence-electron chi connectivity index (χ2n) is 4.75. The number of aliphatic hydroxyl groups is 1. The SMILES string of the molecule is COc1cccc(NC(=O)NC[C@@H](O)c2ccc(F)cc2F)c1. The van der Waals surface area contributed by atoms with Gasteiger partial charge >= 0.3 is 6.03 Å². The lowest BCUT2D eigenvalue weighted by Crippen LogP contribution is -2.32. The maximum atomic E-state index is 13.5. The topological polar surface area (TPSA) is 70.6 Å². The summed E-state index contributed by atoms with van der Waals surface area (Å²) in [7, 11) is 1.51. The largest absolute Gasteiger partial charge is 0.497 e. The van der Waals surface area contributed by atoms with Gasteiger partial charge in [-0.25, -0.2) is 13.6 Å². The highest BCUT2D eigenvalue weighted by Gasteiger charge is 2.14. The number of halogens is 2. The summed E-state index contributed by atoms with van der Waals surface area (Å²) in [5.74, 6) is -1.02. The zero-order chi connectivity index (χ0) is 16.8. The lowest BCUT2D eigenvalue weighted by atomic mass is 10.1. The first-order valence-electron chi connectivity index (χ1n) is 6.81. The molecule has 0 saturated carbocycles. The van der Waals surface area contributed by atoms with Crippen molar-refractivity contribution >= 4 is 11.7 Å². The van der Waals surface area contributed by atoms with E-state index in [4.69, 9.17) is 4.74 Å². The Morgan fingerprint density at radius 1 is 1.26 bits per heavy atom. The quantitative estimate of drug-likeness (QED) is 0.793. The average Bonchev–Trinajstić information content (AvgIpc) is 2.53. The molecule has 1 atom stereocenters. The van der Waals surface area contributed by atoms with Crippen LogP contribution in [0.4, 0.5) is 19.3 Å². The van der Waals surface area contributed by atoms with Crippen molar-refractivity contribution in [3.8, 4) is 5.75 Å². The number of ether oxygens (including phenoxy) is 1. The molecule has 2 amide bonds. The Labute approximate surface area is 131 Å². The van der Waals surface area contributed by atoms with Gasteiger partial charge in [0.2, 0.25) is 0 Å². The molecule has 3 N–H and O–H groups in total. The molecule has 23 heavy (non-hydrogen) atoms. The zero-order valence-corrected chi connectivity index (χ0v) is 12.3. The first-order valence-corrected chi connectivity index (χ1v) is 6.81. The van der Waals surface area contributed by atoms with Gasteiger partial charge in [-0.15, -0.1) is 0 Å². The minimum Gasteiger partial charge on any atom is -0.497 e. The Morgan fingerprint density at radius 2 is 2.04 bits per heavy atom. The highest BCUT2D eigenvalue weighted by atomic mass is 19.1. The highest BCUT2D eigenvalue weighted by Crippen LogP contribution is 2.18. The van der Waals surface area contributed by atoms with Gasteiger partial charge < -0.3 is 20.5 Å². The number of anilines is 1. The molecule has 7 heteroatoms. The van der Waals surface area contributed by atoms with E-state index in [9.17, 15) is 18.7 Å². The van der Waals surface area contributed by atoms with Crippen LogP contribution in [-0.4, -0.2) is 24.8 Å². The van der Waals surface area contributed by atoms with Crippen molar-refractivity contribution in [1.82, 2.24) is 5.32 Å². The standard InChI is InChI=1S/C16H16F2N2O3/c1-23-12-4-2-3-11(8-12)20-16(22)19-9-15(21)13-6-5-10(17)7-14(13)18/h2-8,15,21H,9H2,1H3,(H2,19,20,22)/t15-/m1/s1. The zero-order valence-electron chi connectivity index (χ0n) is 12.3. The van der Waals surface area contributed by atoms with E-state index >= 15 is 0 Å². The Morgan fingerprint density at radius 3 is 2.74 bits per heavy atom. The molecule has 0 fully saturated rings. The fourth-order valence-corrected chi connectivity index (χ4v) is 1.95. The van der Waals surface area contributed by atoms with Crippen LogP contribution in [0.25, 0.3) is 0 Å². The number of aliphatic hydroxyl groups excluding tert-OH is 1. The normalized spacial score (nSPS) is 11.7. The minimum atomic E-state index is -1.29. The van der Waals surface area contributed by atoms with E-state index in [1.54, 1.807) is 24.3 Å². The summed E-state index contributed by atoms with van der Waals surface area (Å²) < 4.78 is 31.4. The molecule has 0 unspecified atom stereocenters. The molecular formula is C16H16F2N2O3. The van der Waals surface area contributed by atoms with Crippen molar-refractivity contribution in [1.29, 1.82) is 0 Å². The van der Waals surface area contributed by atoms with E-state index in [2.05, 4.69) is 10.6 Å². The van der Waals surface area contributed by atoms with Gasteiger partial charge in [0.05, 0.1) is 13.2 Å². The maximum Gasteiger partial charge on any atom is 0.319 e. The van der Waals surface area contributed by atoms with Crippen LogP contribution in [0.3, 0.4) is 0 Å². The molecule has 2 aromatic rings. The smallest absolute Gasteiger partial charge is 0.319 e. The molecular weight excluding hydrogens is 306 g/mol. The van der Waals surface area contributed by atoms with Crippen LogP contribution in [-0.2, 0) is 0 Å². The van der Waals surface area contributed by atoms with Crippen LogP contribution >= 0.6 is 0 Å². The molecule has 0 aliphatic carbocycles. The van der Waals surface area contributed by atoms with E-state index < -0.39 is 23.8 Å². The van der Waals surface area contributed by atoms with Gasteiger partial charge in [0.25, 0.3) is 0 Å². The Balaban J connectivity index is 1.90. The number of nitrogens with one attached hydrogen (secondary N) is 2. The number of carbonyl (C=O) groups excluding carboxylic acids is 1. The van der Waals surface area contributed by atoms with E-state index in [0.717, 1.165) is 12.1 Å². The number of amides is 2. The number of benzene rings is 2. The van der Waals surface area contributed by atoms with Gasteiger partial charge in [-0.2, -0.15) is 0 Å². The molecule has 122 valence electrons. The number of urea groups is 1. The Hall–Kier alpha value is -2.67. The van der Waals surface area contributed by atoms with Crippen LogP contribution in [0, 0.1) is 11.6 Å². The molecule has 2 rings (SSSR count). The van der Waals surface area contributed by atoms with E-state index in [1.807, 2.05) is 0 Å². The van der Waals surface area contributed by atoms with Gasteiger partial charge in [0.15, 0.2) is 0 Å². The molecule has 0 saturated heterocycles. The third-order valence-corrected chi connectivity index (χ3v) is 3.11. The van der Waals surface area contributed by atoms with Gasteiger partial charge in [-0.3, -0.25) is 0 Å². The minimum absolute atomic E-state index is 0.0897. The Kier molecular flexibility index (Phi) is 5.48. The van der Waals surface area contributed by atoms with Crippen molar-refractivity contribution < 1.29 is 23.4 Å². The summed E-state index contributed by atoms with van der Waals surface area (Å²) in [6.45, 7) is -0.224. The summed E-state index contributed by atoms with van der Waals surface area (Å²) in [6.07, 6.45) is -1.29. The van der Waals surface area contributed by atoms with Gasteiger partial charge in [0.1, 0.15) is 17.4 Å². The van der Waals surface area contributed by atoms with E-state index in [0.29, 0.717) is 17.5 Å². The molecule has 0 bridgehead atoms. The van der Waals surface area contributed by atoms with Gasteiger partial charge in [-0.1, -0.05) is 12.1 Å². The summed E-state index contributed by atoms with van der Waals surface area (Å²) in [5.41, 5.74) is 0.414. The van der Waals surface area contributed by atoms with Crippen LogP contribution in [0.15, 0.2) is 42.5 Å². The number of carbonyl (C=O) groups is 1. The predicted molar refractivity (Wildman–Crippen MR) is 81.3 cm³/mol. The molecule has 0 aliphatic rings. The molecule has 5 nitrogen and oxygen atoms in total. The van der Waals surface area contributed by atoms with Crippen molar-refractivity contribution in [3.63, 3.8) is 0 Å². The third kappa shape index (κ3) is 4.65. The first-order chi connectivity index (χ1) is 11.0. The van der Waals surface area contributed by atoms with E-state index in [1.165, 1.54) is 7.11 Å². The number of hydrogen-bond acceptors (Lipinski definition) is 3. The molecule has 0 radical (unpaired) electrons. The molecule has 0 heterocycles. The summed E-state index contributed by atoms with van der Waals surface area (Å²) in [5, 5.41) is 14.8. The average molecular weight is 322 g/mol. The van der Waals surface area contributed by atoms with Crippen LogP contribution in [0.5, 0.6) is 5.75 Å². The van der Waals surface area contributed by atoms with Crippen LogP contribution in [0.1, 0.15) is 11.7 Å². The first kappa shape index (κ1) is 16.7. The van der Waals surface area contributed by atoms with Crippen LogP contribution in [0.2, 0.25) is 0 Å². The molecule has 0 aliphatic heterocycles.